The third kappa shape index (κ3) is 6.84. The summed E-state index contributed by atoms with van der Waals surface area (Å²) < 4.78 is 5.33. The molecule has 0 saturated heterocycles. The Hall–Kier alpha value is -3.50. The first-order chi connectivity index (χ1) is 17.4. The maximum Gasteiger partial charge on any atom is 0.408 e. The molecule has 2 unspecified atom stereocenters. The Balaban J connectivity index is 2.03. The zero-order chi connectivity index (χ0) is 27.3. The van der Waals surface area contributed by atoms with E-state index in [9.17, 15) is 14.4 Å². The molecule has 0 aromatic heterocycles. The molecule has 1 saturated carbocycles. The number of hydrogen-bond acceptors (Lipinski definition) is 4. The van der Waals surface area contributed by atoms with Gasteiger partial charge in [0, 0.05) is 11.6 Å². The summed E-state index contributed by atoms with van der Waals surface area (Å²) in [6, 6.07) is 10.2. The topological polar surface area (TPSA) is 87.7 Å². The van der Waals surface area contributed by atoms with E-state index in [2.05, 4.69) is 16.6 Å². The Morgan fingerprint density at radius 1 is 1.14 bits per heavy atom. The van der Waals surface area contributed by atoms with Crippen LogP contribution in [0.15, 0.2) is 42.5 Å². The minimum Gasteiger partial charge on any atom is -0.444 e. The molecule has 1 fully saturated rings. The van der Waals surface area contributed by atoms with Gasteiger partial charge in [0.25, 0.3) is 5.91 Å². The number of benzene rings is 2. The van der Waals surface area contributed by atoms with Crippen molar-refractivity contribution in [2.75, 3.05) is 5.32 Å². The number of anilines is 1. The lowest BCUT2D eigenvalue weighted by Gasteiger charge is -2.43. The first-order valence-electron chi connectivity index (χ1n) is 12.4. The van der Waals surface area contributed by atoms with Gasteiger partial charge in [0.05, 0.1) is 10.7 Å². The summed E-state index contributed by atoms with van der Waals surface area (Å²) in [4.78, 5) is 41.8. The highest BCUT2D eigenvalue weighted by Crippen LogP contribution is 2.36. The number of para-hydroxylation sites is 1. The van der Waals surface area contributed by atoms with Gasteiger partial charge in [-0.25, -0.2) is 4.79 Å². The van der Waals surface area contributed by atoms with Crippen LogP contribution >= 0.6 is 11.6 Å². The van der Waals surface area contributed by atoms with Crippen molar-refractivity contribution in [3.8, 4) is 12.3 Å². The lowest BCUT2D eigenvalue weighted by Crippen LogP contribution is -2.56. The van der Waals surface area contributed by atoms with Crippen LogP contribution in [0, 0.1) is 19.3 Å². The average Bonchev–Trinajstić information content (AvgIpc) is 2.78. The molecule has 8 heteroatoms. The quantitative estimate of drug-likeness (QED) is 0.462. The van der Waals surface area contributed by atoms with Crippen molar-refractivity contribution in [3.63, 3.8) is 0 Å². The molecule has 2 aromatic rings. The smallest absolute Gasteiger partial charge is 0.408 e. The van der Waals surface area contributed by atoms with Crippen LogP contribution < -0.4 is 10.6 Å². The zero-order valence-corrected chi connectivity index (χ0v) is 22.7. The van der Waals surface area contributed by atoms with Gasteiger partial charge in [0.15, 0.2) is 0 Å². The number of amides is 3. The van der Waals surface area contributed by atoms with E-state index < -0.39 is 35.6 Å². The standard InChI is InChI=1S/C29H34ClN3O4/c1-7-20-13-8-9-16-22(20)25(26(34)32-24-18(2)12-10-17-23(24)30)33(21-14-11-15-21)27(35)19(3)31-28(36)37-29(4,5)6/h1,8-10,12-13,16-17,19,21,25H,11,14-15H2,2-6H3,(H,31,36)(H,32,34). The van der Waals surface area contributed by atoms with Crippen molar-refractivity contribution in [2.24, 2.45) is 0 Å². The molecular formula is C29H34ClN3O4. The fourth-order valence-corrected chi connectivity index (χ4v) is 4.49. The van der Waals surface area contributed by atoms with Crippen LogP contribution in [0.25, 0.3) is 0 Å². The summed E-state index contributed by atoms with van der Waals surface area (Å²) >= 11 is 6.40. The maximum absolute atomic E-state index is 14.0. The first-order valence-corrected chi connectivity index (χ1v) is 12.7. The van der Waals surface area contributed by atoms with Crippen LogP contribution in [-0.4, -0.2) is 40.5 Å². The number of halogens is 1. The lowest BCUT2D eigenvalue weighted by molar-refractivity contribution is -0.145. The molecule has 3 rings (SSSR count). The summed E-state index contributed by atoms with van der Waals surface area (Å²) in [5, 5.41) is 5.94. The Labute approximate surface area is 223 Å². The molecule has 2 aromatic carbocycles. The van der Waals surface area contributed by atoms with Gasteiger partial charge in [-0.15, -0.1) is 6.42 Å². The second-order valence-electron chi connectivity index (χ2n) is 10.3. The van der Waals surface area contributed by atoms with Crippen molar-refractivity contribution in [2.45, 2.75) is 77.6 Å². The van der Waals surface area contributed by atoms with Crippen molar-refractivity contribution in [1.29, 1.82) is 0 Å². The predicted molar refractivity (Wildman–Crippen MR) is 145 cm³/mol. The SMILES string of the molecule is C#Cc1ccccc1C(C(=O)Nc1c(C)cccc1Cl)N(C(=O)C(C)NC(=O)OC(C)(C)C)C1CCC1. The van der Waals surface area contributed by atoms with Crippen LogP contribution in [0.2, 0.25) is 5.02 Å². The predicted octanol–water partition coefficient (Wildman–Crippen LogP) is 5.60. The number of terminal acetylenes is 1. The van der Waals surface area contributed by atoms with Crippen LogP contribution in [-0.2, 0) is 14.3 Å². The summed E-state index contributed by atoms with van der Waals surface area (Å²) in [6.45, 7) is 8.65. The third-order valence-electron chi connectivity index (χ3n) is 6.23. The maximum atomic E-state index is 14.0. The lowest BCUT2D eigenvalue weighted by atomic mass is 9.87. The number of nitrogens with one attached hydrogen (secondary N) is 2. The second kappa shape index (κ2) is 11.7. The molecule has 7 nitrogen and oxygen atoms in total. The number of carbonyl (C=O) groups is 3. The Morgan fingerprint density at radius 3 is 2.38 bits per heavy atom. The second-order valence-corrected chi connectivity index (χ2v) is 10.7. The summed E-state index contributed by atoms with van der Waals surface area (Å²) in [6.07, 6.45) is 7.48. The highest BCUT2D eigenvalue weighted by atomic mass is 35.5. The van der Waals surface area contributed by atoms with Gasteiger partial charge in [-0.1, -0.05) is 47.9 Å². The summed E-state index contributed by atoms with van der Waals surface area (Å²) in [5.41, 5.74) is 1.56. The Morgan fingerprint density at radius 2 is 1.81 bits per heavy atom. The first kappa shape index (κ1) is 28.1. The number of rotatable bonds is 7. The highest BCUT2D eigenvalue weighted by Gasteiger charge is 2.41. The molecule has 0 spiro atoms. The van der Waals surface area contributed by atoms with Gasteiger partial charge in [0.1, 0.15) is 17.7 Å². The van der Waals surface area contributed by atoms with Gasteiger partial charge in [-0.2, -0.15) is 0 Å². The van der Waals surface area contributed by atoms with Crippen molar-refractivity contribution < 1.29 is 19.1 Å². The van der Waals surface area contributed by atoms with Gasteiger partial charge in [0.2, 0.25) is 5.91 Å². The van der Waals surface area contributed by atoms with Gasteiger partial charge < -0.3 is 20.3 Å². The Kier molecular flexibility index (Phi) is 8.88. The fraction of sp³-hybridized carbons (Fsp3) is 0.414. The molecule has 0 radical (unpaired) electrons. The summed E-state index contributed by atoms with van der Waals surface area (Å²) in [5.74, 6) is 1.79. The largest absolute Gasteiger partial charge is 0.444 e. The molecule has 2 atom stereocenters. The molecule has 3 amide bonds. The van der Waals surface area contributed by atoms with E-state index in [1.165, 1.54) is 0 Å². The minimum atomic E-state index is -1.04. The highest BCUT2D eigenvalue weighted by molar-refractivity contribution is 6.34. The van der Waals surface area contributed by atoms with Crippen LogP contribution in [0.4, 0.5) is 10.5 Å². The molecule has 0 heterocycles. The van der Waals surface area contributed by atoms with Crippen molar-refractivity contribution >= 4 is 35.2 Å². The van der Waals surface area contributed by atoms with Gasteiger partial charge in [-0.3, -0.25) is 9.59 Å². The fourth-order valence-electron chi connectivity index (χ4n) is 4.22. The van der Waals surface area contributed by atoms with Crippen LogP contribution in [0.5, 0.6) is 0 Å². The third-order valence-corrected chi connectivity index (χ3v) is 6.55. The molecule has 196 valence electrons. The number of ether oxygens (including phenoxy) is 1. The number of aryl methyl sites for hydroxylation is 1. The van der Waals surface area contributed by atoms with E-state index in [0.29, 0.717) is 21.8 Å². The van der Waals surface area contributed by atoms with E-state index in [1.54, 1.807) is 69.0 Å². The van der Waals surface area contributed by atoms with E-state index in [0.717, 1.165) is 24.8 Å². The number of nitrogens with zero attached hydrogens (tertiary/aromatic N) is 1. The van der Waals surface area contributed by atoms with Gasteiger partial charge in [-0.05, 0) is 77.1 Å². The summed E-state index contributed by atoms with van der Waals surface area (Å²) in [7, 11) is 0. The normalized spacial score (nSPS) is 14.9. The number of alkyl carbamates (subject to hydrolysis) is 1. The monoisotopic (exact) mass is 523 g/mol. The Bertz CT molecular complexity index is 1190. The molecular weight excluding hydrogens is 490 g/mol. The van der Waals surface area contributed by atoms with E-state index >= 15 is 0 Å². The van der Waals surface area contributed by atoms with Crippen LogP contribution in [0.1, 0.15) is 69.7 Å². The molecule has 37 heavy (non-hydrogen) atoms. The minimum absolute atomic E-state index is 0.190. The van der Waals surface area contributed by atoms with E-state index in [-0.39, 0.29) is 6.04 Å². The van der Waals surface area contributed by atoms with Crippen molar-refractivity contribution in [1.82, 2.24) is 10.2 Å². The molecule has 0 bridgehead atoms. The number of hydrogen-bond donors (Lipinski definition) is 2. The zero-order valence-electron chi connectivity index (χ0n) is 21.9. The molecule has 0 aliphatic heterocycles. The van der Waals surface area contributed by atoms with Crippen LogP contribution in [0.3, 0.4) is 0 Å². The van der Waals surface area contributed by atoms with E-state index in [1.807, 2.05) is 13.0 Å². The molecule has 2 N–H and O–H groups in total. The van der Waals surface area contributed by atoms with E-state index in [4.69, 9.17) is 22.8 Å². The van der Waals surface area contributed by atoms with Gasteiger partial charge >= 0.3 is 6.09 Å². The molecule has 1 aliphatic carbocycles. The molecule has 1 aliphatic rings. The van der Waals surface area contributed by atoms with Crippen molar-refractivity contribution in [3.05, 3.63) is 64.2 Å². The average molecular weight is 524 g/mol. The number of carbonyl (C=O) groups excluding carboxylic acids is 3.